The summed E-state index contributed by atoms with van der Waals surface area (Å²) in [5.74, 6) is 0. The SMILES string of the molecule is CC1=CC(C)=C(c2ccccc2-c2ccccc2C=N)C1. The molecule has 0 spiro atoms. The number of nitrogens with one attached hydrogen (secondary N) is 1. The minimum absolute atomic E-state index is 0.964. The average Bonchev–Trinajstić information content (AvgIpc) is 2.85. The molecule has 0 saturated heterocycles. The van der Waals surface area contributed by atoms with Crippen molar-refractivity contribution in [3.63, 3.8) is 0 Å². The zero-order valence-corrected chi connectivity index (χ0v) is 12.5. The summed E-state index contributed by atoms with van der Waals surface area (Å²) >= 11 is 0. The Morgan fingerprint density at radius 2 is 1.48 bits per heavy atom. The Morgan fingerprint density at radius 1 is 0.857 bits per heavy atom. The van der Waals surface area contributed by atoms with Crippen LogP contribution in [-0.2, 0) is 0 Å². The predicted octanol–water partition coefficient (Wildman–Crippen LogP) is 5.47. The molecule has 1 aliphatic carbocycles. The van der Waals surface area contributed by atoms with Crippen LogP contribution in [0.1, 0.15) is 31.4 Å². The Labute approximate surface area is 126 Å². The third-order valence-corrected chi connectivity index (χ3v) is 4.05. The van der Waals surface area contributed by atoms with Crippen molar-refractivity contribution in [2.45, 2.75) is 20.3 Å². The van der Waals surface area contributed by atoms with Gasteiger partial charge in [0.15, 0.2) is 0 Å². The molecule has 0 aromatic heterocycles. The topological polar surface area (TPSA) is 23.9 Å². The van der Waals surface area contributed by atoms with Gasteiger partial charge in [0, 0.05) is 6.21 Å². The van der Waals surface area contributed by atoms with Gasteiger partial charge in [0.25, 0.3) is 0 Å². The summed E-state index contributed by atoms with van der Waals surface area (Å²) in [4.78, 5) is 0. The van der Waals surface area contributed by atoms with E-state index in [2.05, 4.69) is 50.3 Å². The molecule has 0 atom stereocenters. The van der Waals surface area contributed by atoms with Crippen molar-refractivity contribution >= 4 is 11.8 Å². The first-order valence-corrected chi connectivity index (χ1v) is 7.27. The Hall–Kier alpha value is -2.41. The van der Waals surface area contributed by atoms with Crippen LogP contribution in [0.4, 0.5) is 0 Å². The van der Waals surface area contributed by atoms with E-state index >= 15 is 0 Å². The predicted molar refractivity (Wildman–Crippen MR) is 90.7 cm³/mol. The highest BCUT2D eigenvalue weighted by Gasteiger charge is 2.16. The minimum Gasteiger partial charge on any atom is -0.308 e. The maximum atomic E-state index is 7.64. The number of rotatable bonds is 3. The Kier molecular flexibility index (Phi) is 3.57. The van der Waals surface area contributed by atoms with Crippen molar-refractivity contribution in [3.8, 4) is 11.1 Å². The number of benzene rings is 2. The van der Waals surface area contributed by atoms with Crippen LogP contribution in [0.3, 0.4) is 0 Å². The molecule has 1 aliphatic rings. The van der Waals surface area contributed by atoms with Gasteiger partial charge in [0.05, 0.1) is 0 Å². The van der Waals surface area contributed by atoms with Crippen molar-refractivity contribution in [2.24, 2.45) is 0 Å². The molecule has 0 saturated carbocycles. The van der Waals surface area contributed by atoms with Crippen molar-refractivity contribution in [3.05, 3.63) is 76.9 Å². The molecule has 1 heteroatoms. The summed E-state index contributed by atoms with van der Waals surface area (Å²) in [6.45, 7) is 4.37. The van der Waals surface area contributed by atoms with E-state index in [1.54, 1.807) is 0 Å². The van der Waals surface area contributed by atoms with Gasteiger partial charge in [-0.1, -0.05) is 60.2 Å². The monoisotopic (exact) mass is 273 g/mol. The molecule has 0 amide bonds. The Bertz CT molecular complexity index is 763. The highest BCUT2D eigenvalue weighted by molar-refractivity contribution is 5.93. The zero-order valence-electron chi connectivity index (χ0n) is 12.5. The van der Waals surface area contributed by atoms with E-state index in [0.29, 0.717) is 0 Å². The van der Waals surface area contributed by atoms with Gasteiger partial charge < -0.3 is 5.41 Å². The van der Waals surface area contributed by atoms with Gasteiger partial charge in [-0.25, -0.2) is 0 Å². The molecule has 2 aromatic rings. The van der Waals surface area contributed by atoms with Crippen LogP contribution < -0.4 is 0 Å². The summed E-state index contributed by atoms with van der Waals surface area (Å²) in [5, 5.41) is 7.64. The maximum Gasteiger partial charge on any atom is 0.0256 e. The molecule has 0 fully saturated rings. The van der Waals surface area contributed by atoms with Crippen LogP contribution in [0.15, 0.2) is 65.8 Å². The second-order valence-corrected chi connectivity index (χ2v) is 5.61. The first-order chi connectivity index (χ1) is 10.2. The van der Waals surface area contributed by atoms with Crippen molar-refractivity contribution in [2.75, 3.05) is 0 Å². The lowest BCUT2D eigenvalue weighted by Crippen LogP contribution is -1.93. The van der Waals surface area contributed by atoms with Crippen LogP contribution in [-0.4, -0.2) is 6.21 Å². The van der Waals surface area contributed by atoms with Gasteiger partial charge in [0.1, 0.15) is 0 Å². The summed E-state index contributed by atoms with van der Waals surface area (Å²) in [7, 11) is 0. The van der Waals surface area contributed by atoms with E-state index in [0.717, 1.165) is 17.5 Å². The van der Waals surface area contributed by atoms with Crippen LogP contribution in [0.5, 0.6) is 0 Å². The van der Waals surface area contributed by atoms with Gasteiger partial charge >= 0.3 is 0 Å². The van der Waals surface area contributed by atoms with E-state index in [1.165, 1.54) is 34.1 Å². The van der Waals surface area contributed by atoms with Crippen molar-refractivity contribution in [1.82, 2.24) is 0 Å². The molecule has 0 bridgehead atoms. The average molecular weight is 273 g/mol. The summed E-state index contributed by atoms with van der Waals surface area (Å²) in [6, 6.07) is 16.6. The van der Waals surface area contributed by atoms with Gasteiger partial charge in [0.2, 0.25) is 0 Å². The largest absolute Gasteiger partial charge is 0.308 e. The van der Waals surface area contributed by atoms with E-state index in [-0.39, 0.29) is 0 Å². The third kappa shape index (κ3) is 2.47. The minimum atomic E-state index is 0.964. The van der Waals surface area contributed by atoms with E-state index in [4.69, 9.17) is 5.41 Å². The molecule has 1 N–H and O–H groups in total. The molecular formula is C20H19N. The lowest BCUT2D eigenvalue weighted by atomic mass is 9.90. The third-order valence-electron chi connectivity index (χ3n) is 4.05. The second kappa shape index (κ2) is 5.53. The fourth-order valence-corrected chi connectivity index (χ4v) is 3.08. The normalized spacial score (nSPS) is 14.3. The zero-order chi connectivity index (χ0) is 14.8. The fourth-order valence-electron chi connectivity index (χ4n) is 3.08. The molecule has 0 heterocycles. The highest BCUT2D eigenvalue weighted by Crippen LogP contribution is 2.38. The van der Waals surface area contributed by atoms with Gasteiger partial charge in [-0.3, -0.25) is 0 Å². The quantitative estimate of drug-likeness (QED) is 0.716. The number of hydrogen-bond acceptors (Lipinski definition) is 1. The number of hydrogen-bond donors (Lipinski definition) is 1. The van der Waals surface area contributed by atoms with E-state index < -0.39 is 0 Å². The van der Waals surface area contributed by atoms with Gasteiger partial charge in [-0.2, -0.15) is 0 Å². The van der Waals surface area contributed by atoms with Crippen molar-refractivity contribution < 1.29 is 0 Å². The van der Waals surface area contributed by atoms with Gasteiger partial charge in [-0.05, 0) is 53.7 Å². The molecule has 21 heavy (non-hydrogen) atoms. The van der Waals surface area contributed by atoms with E-state index in [1.807, 2.05) is 18.2 Å². The molecule has 1 nitrogen and oxygen atoms in total. The standard InChI is InChI=1S/C20H19N/c1-14-11-15(2)20(12-14)19-10-6-5-9-18(19)17-8-4-3-7-16(17)13-21/h3-11,13,21H,12H2,1-2H3. The Balaban J connectivity index is 2.18. The number of allylic oxidation sites excluding steroid dienone is 4. The van der Waals surface area contributed by atoms with Crippen LogP contribution >= 0.6 is 0 Å². The highest BCUT2D eigenvalue weighted by atomic mass is 14.3. The summed E-state index contributed by atoms with van der Waals surface area (Å²) in [6.07, 6.45) is 4.73. The first-order valence-electron chi connectivity index (χ1n) is 7.27. The molecule has 3 rings (SSSR count). The summed E-state index contributed by atoms with van der Waals surface area (Å²) < 4.78 is 0. The molecular weight excluding hydrogens is 254 g/mol. The lowest BCUT2D eigenvalue weighted by molar-refractivity contribution is 1.26. The first kappa shape index (κ1) is 13.6. The van der Waals surface area contributed by atoms with Crippen LogP contribution in [0.2, 0.25) is 0 Å². The molecule has 2 aromatic carbocycles. The lowest BCUT2D eigenvalue weighted by Gasteiger charge is -2.14. The van der Waals surface area contributed by atoms with Crippen LogP contribution in [0, 0.1) is 5.41 Å². The summed E-state index contributed by atoms with van der Waals surface area (Å²) in [5.41, 5.74) is 8.78. The van der Waals surface area contributed by atoms with Gasteiger partial charge in [-0.15, -0.1) is 0 Å². The maximum absolute atomic E-state index is 7.64. The molecule has 0 radical (unpaired) electrons. The van der Waals surface area contributed by atoms with Crippen LogP contribution in [0.25, 0.3) is 16.7 Å². The smallest absolute Gasteiger partial charge is 0.0256 e. The molecule has 104 valence electrons. The van der Waals surface area contributed by atoms with Crippen molar-refractivity contribution in [1.29, 1.82) is 5.41 Å². The van der Waals surface area contributed by atoms with E-state index in [9.17, 15) is 0 Å². The fraction of sp³-hybridized carbons (Fsp3) is 0.150. The second-order valence-electron chi connectivity index (χ2n) is 5.61. The molecule has 0 aliphatic heterocycles. The molecule has 0 unspecified atom stereocenters. The Morgan fingerprint density at radius 3 is 2.10 bits per heavy atom.